The van der Waals surface area contributed by atoms with E-state index in [0.717, 1.165) is 37.5 Å². The van der Waals surface area contributed by atoms with E-state index in [1.165, 1.54) is 19.3 Å². The lowest BCUT2D eigenvalue weighted by Crippen LogP contribution is -2.50. The molecule has 37 heavy (non-hydrogen) atoms. The van der Waals surface area contributed by atoms with Crippen LogP contribution in [0, 0.1) is 23.7 Å². The molecule has 2 aliphatic carbocycles. The van der Waals surface area contributed by atoms with Crippen molar-refractivity contribution in [1.29, 1.82) is 0 Å². The number of furan rings is 1. The van der Waals surface area contributed by atoms with E-state index in [-0.39, 0.29) is 36.2 Å². The average molecular weight is 514 g/mol. The number of nitrogens with zero attached hydrogens (tertiary/aromatic N) is 1. The van der Waals surface area contributed by atoms with Gasteiger partial charge in [0.1, 0.15) is 30.7 Å². The van der Waals surface area contributed by atoms with Crippen molar-refractivity contribution in [2.24, 2.45) is 29.4 Å². The molecule has 202 valence electrons. The first-order valence-corrected chi connectivity index (χ1v) is 14.0. The lowest BCUT2D eigenvalue weighted by Gasteiger charge is -2.36. The number of hydrogen-bond donors (Lipinski definition) is 3. The first kappa shape index (κ1) is 26.2. The highest BCUT2D eigenvalue weighted by molar-refractivity contribution is 5.99. The minimum Gasteiger partial charge on any atom is -0.459 e. The summed E-state index contributed by atoms with van der Waals surface area (Å²) in [6.07, 6.45) is 9.66. The van der Waals surface area contributed by atoms with E-state index in [2.05, 4.69) is 5.32 Å². The van der Waals surface area contributed by atoms with Crippen molar-refractivity contribution in [2.45, 2.75) is 82.9 Å². The second-order valence-electron chi connectivity index (χ2n) is 11.4. The predicted molar refractivity (Wildman–Crippen MR) is 140 cm³/mol. The molecule has 2 amide bonds. The zero-order chi connectivity index (χ0) is 25.9. The Morgan fingerprint density at radius 1 is 1.08 bits per heavy atom. The number of carbonyl (C=O) groups is 2. The van der Waals surface area contributed by atoms with Gasteiger partial charge in [-0.15, -0.1) is 0 Å². The van der Waals surface area contributed by atoms with Crippen molar-refractivity contribution < 1.29 is 23.5 Å². The highest BCUT2D eigenvalue weighted by Gasteiger charge is 2.46. The van der Waals surface area contributed by atoms with Gasteiger partial charge in [0.05, 0.1) is 0 Å². The highest BCUT2D eigenvalue weighted by Crippen LogP contribution is 2.41. The Balaban J connectivity index is 1.33. The molecule has 3 fully saturated rings. The van der Waals surface area contributed by atoms with Gasteiger partial charge in [-0.25, -0.2) is 4.39 Å². The summed E-state index contributed by atoms with van der Waals surface area (Å²) in [5.41, 5.74) is 7.24. The fourth-order valence-electron chi connectivity index (χ4n) is 7.08. The number of hydrogen-bond acceptors (Lipinski definition) is 5. The molecule has 5 rings (SSSR count). The molecule has 7 nitrogen and oxygen atoms in total. The van der Waals surface area contributed by atoms with Crippen LogP contribution in [0.5, 0.6) is 0 Å². The molecule has 2 heterocycles. The first-order chi connectivity index (χ1) is 18.0. The number of aliphatic hydroxyl groups excluding tert-OH is 1. The smallest absolute Gasteiger partial charge is 0.247 e. The van der Waals surface area contributed by atoms with E-state index >= 15 is 0 Å². The molecule has 0 bridgehead atoms. The Morgan fingerprint density at radius 2 is 1.84 bits per heavy atom. The number of likely N-dealkylation sites (tertiary alicyclic amines) is 1. The predicted octanol–water partition coefficient (Wildman–Crippen LogP) is 4.76. The fourth-order valence-corrected chi connectivity index (χ4v) is 7.08. The molecule has 1 aliphatic heterocycles. The second-order valence-corrected chi connectivity index (χ2v) is 11.4. The van der Waals surface area contributed by atoms with Crippen molar-refractivity contribution >= 4 is 28.5 Å². The zero-order valence-corrected chi connectivity index (χ0v) is 21.5. The molecule has 8 heteroatoms. The minimum atomic E-state index is -0.521. The van der Waals surface area contributed by atoms with Gasteiger partial charge in [-0.1, -0.05) is 32.1 Å². The molecule has 3 aliphatic rings. The summed E-state index contributed by atoms with van der Waals surface area (Å²) in [6.45, 7) is -0.0878. The second kappa shape index (κ2) is 11.5. The maximum absolute atomic E-state index is 13.8. The minimum absolute atomic E-state index is 0.0728. The summed E-state index contributed by atoms with van der Waals surface area (Å²) in [7, 11) is 0. The third-order valence-electron chi connectivity index (χ3n) is 9.15. The Kier molecular flexibility index (Phi) is 8.15. The van der Waals surface area contributed by atoms with Crippen LogP contribution in [-0.4, -0.2) is 47.1 Å². The molecular weight excluding hydrogens is 473 g/mol. The monoisotopic (exact) mass is 513 g/mol. The van der Waals surface area contributed by atoms with Crippen molar-refractivity contribution in [3.05, 3.63) is 30.0 Å². The maximum Gasteiger partial charge on any atom is 0.247 e. The maximum atomic E-state index is 13.8. The number of carbonyl (C=O) groups excluding carboxylic acids is 2. The fraction of sp³-hybridized carbons (Fsp3) is 0.655. The molecule has 2 aromatic rings. The Bertz CT molecular complexity index is 1090. The van der Waals surface area contributed by atoms with Crippen molar-refractivity contribution in [3.63, 3.8) is 0 Å². The van der Waals surface area contributed by atoms with Gasteiger partial charge in [-0.3, -0.25) is 9.59 Å². The number of anilines is 1. The van der Waals surface area contributed by atoms with Crippen molar-refractivity contribution in [2.75, 3.05) is 18.5 Å². The average Bonchev–Trinajstić information content (AvgIpc) is 3.57. The molecule has 4 N–H and O–H groups in total. The number of benzene rings is 1. The summed E-state index contributed by atoms with van der Waals surface area (Å²) >= 11 is 0. The van der Waals surface area contributed by atoms with Gasteiger partial charge in [0.15, 0.2) is 0 Å². The van der Waals surface area contributed by atoms with Crippen LogP contribution < -0.4 is 11.1 Å². The molecule has 2 unspecified atom stereocenters. The number of halogens is 1. The van der Waals surface area contributed by atoms with Crippen LogP contribution in [0.1, 0.15) is 70.0 Å². The van der Waals surface area contributed by atoms with Gasteiger partial charge < -0.3 is 25.5 Å². The van der Waals surface area contributed by atoms with Gasteiger partial charge >= 0.3 is 0 Å². The van der Waals surface area contributed by atoms with Crippen LogP contribution in [0.3, 0.4) is 0 Å². The number of fused-ring (bicyclic) bond motifs is 1. The van der Waals surface area contributed by atoms with Crippen LogP contribution in [0.25, 0.3) is 11.0 Å². The van der Waals surface area contributed by atoms with Crippen LogP contribution in [0.2, 0.25) is 0 Å². The van der Waals surface area contributed by atoms with Crippen LogP contribution in [0.15, 0.2) is 28.7 Å². The van der Waals surface area contributed by atoms with Gasteiger partial charge in [-0.2, -0.15) is 0 Å². The van der Waals surface area contributed by atoms with Gasteiger partial charge in [0, 0.05) is 29.6 Å². The number of nitrogens with one attached hydrogen (secondary N) is 1. The van der Waals surface area contributed by atoms with E-state index in [1.807, 2.05) is 11.0 Å². The number of amides is 2. The Hall–Kier alpha value is -2.45. The van der Waals surface area contributed by atoms with Gasteiger partial charge in [-0.05, 0) is 74.1 Å². The van der Waals surface area contributed by atoms with Crippen LogP contribution in [-0.2, 0) is 16.2 Å². The van der Waals surface area contributed by atoms with E-state index in [9.17, 15) is 19.1 Å². The lowest BCUT2D eigenvalue weighted by atomic mass is 9.76. The normalized spacial score (nSPS) is 27.9. The van der Waals surface area contributed by atoms with Crippen LogP contribution >= 0.6 is 0 Å². The molecule has 1 aromatic heterocycles. The standard InChI is InChI=1S/C29H40FN3O4/c30-16-25(31)19-6-8-20(9-7-19)29(36)33-13-12-24(18-4-2-1-3-5-18)27(33)28(35)32-22-10-11-26-21(14-22)15-23(17-34)37-26/h10-11,14-15,18-20,24-25,27,34H,1-9,12-13,16-17,31H2,(H,32,35)/t19?,20?,24?,25?,27-/m0/s1. The first-order valence-electron chi connectivity index (χ1n) is 14.0. The summed E-state index contributed by atoms with van der Waals surface area (Å²) in [5, 5.41) is 13.3. The topological polar surface area (TPSA) is 109 Å². The van der Waals surface area contributed by atoms with E-state index < -0.39 is 18.8 Å². The summed E-state index contributed by atoms with van der Waals surface area (Å²) in [4.78, 5) is 29.4. The number of alkyl halides is 1. The lowest BCUT2D eigenvalue weighted by molar-refractivity contribution is -0.142. The van der Waals surface area contributed by atoms with E-state index in [4.69, 9.17) is 10.2 Å². The highest BCUT2D eigenvalue weighted by atomic mass is 19.1. The van der Waals surface area contributed by atoms with E-state index in [0.29, 0.717) is 42.3 Å². The van der Waals surface area contributed by atoms with Crippen molar-refractivity contribution in [3.8, 4) is 0 Å². The zero-order valence-electron chi connectivity index (χ0n) is 21.5. The molecule has 1 aromatic carbocycles. The molecule has 3 atom stereocenters. The molecule has 0 radical (unpaired) electrons. The Morgan fingerprint density at radius 3 is 2.54 bits per heavy atom. The molecule has 0 spiro atoms. The molecule has 2 saturated carbocycles. The number of rotatable bonds is 7. The molecule has 1 saturated heterocycles. The number of nitrogens with two attached hydrogens (primary N) is 1. The number of aliphatic hydroxyl groups is 1. The van der Waals surface area contributed by atoms with Gasteiger partial charge in [0.25, 0.3) is 0 Å². The molecular formula is C29H40FN3O4. The quantitative estimate of drug-likeness (QED) is 0.494. The van der Waals surface area contributed by atoms with Crippen molar-refractivity contribution in [1.82, 2.24) is 4.90 Å². The summed E-state index contributed by atoms with van der Waals surface area (Å²) in [5.74, 6) is 1.06. The SMILES string of the molecule is NC(CF)C1CCC(C(=O)N2CCC(C3CCCCC3)[C@H]2C(=O)Nc2ccc3oc(CO)cc3c2)CC1. The summed E-state index contributed by atoms with van der Waals surface area (Å²) in [6, 6.07) is 6.29. The third-order valence-corrected chi connectivity index (χ3v) is 9.15. The van der Waals surface area contributed by atoms with E-state index in [1.54, 1.807) is 18.2 Å². The summed E-state index contributed by atoms with van der Waals surface area (Å²) < 4.78 is 18.6. The Labute approximate surface area is 217 Å². The third kappa shape index (κ3) is 5.55. The van der Waals surface area contributed by atoms with Gasteiger partial charge in [0.2, 0.25) is 11.8 Å². The largest absolute Gasteiger partial charge is 0.459 e. The van der Waals surface area contributed by atoms with Crippen LogP contribution in [0.4, 0.5) is 10.1 Å².